The van der Waals surface area contributed by atoms with Crippen LogP contribution in [0.5, 0.6) is 0 Å². The van der Waals surface area contributed by atoms with E-state index in [1.54, 1.807) is 0 Å². The molecule has 6 heteroatoms. The van der Waals surface area contributed by atoms with E-state index in [-0.39, 0.29) is 0 Å². The fourth-order valence-electron chi connectivity index (χ4n) is 2.95. The minimum Gasteiger partial charge on any atom is -0.307 e. The quantitative estimate of drug-likeness (QED) is 0.146. The number of rotatable bonds is 1. The van der Waals surface area contributed by atoms with Crippen molar-refractivity contribution < 1.29 is 0 Å². The molecular formula is C18H8Br5N. The number of nitrogens with zero attached hydrogens (tertiary/aromatic N) is 1. The Balaban J connectivity index is 2.26. The van der Waals surface area contributed by atoms with Crippen LogP contribution < -0.4 is 0 Å². The summed E-state index contributed by atoms with van der Waals surface area (Å²) < 4.78 is 7.14. The lowest BCUT2D eigenvalue weighted by molar-refractivity contribution is 1.14. The normalized spacial score (nSPS) is 11.5. The van der Waals surface area contributed by atoms with Crippen molar-refractivity contribution >= 4 is 101 Å². The lowest BCUT2D eigenvalue weighted by Gasteiger charge is -2.16. The minimum atomic E-state index is 0.964. The second kappa shape index (κ2) is 6.54. The van der Waals surface area contributed by atoms with E-state index in [0.717, 1.165) is 28.1 Å². The molecule has 1 aromatic heterocycles. The molecule has 0 amide bonds. The zero-order chi connectivity index (χ0) is 17.0. The van der Waals surface area contributed by atoms with E-state index in [2.05, 4.69) is 133 Å². The van der Waals surface area contributed by atoms with Crippen LogP contribution in [0.15, 0.2) is 70.9 Å². The van der Waals surface area contributed by atoms with E-state index >= 15 is 0 Å². The van der Waals surface area contributed by atoms with Crippen LogP contribution in [-0.2, 0) is 0 Å². The molecule has 0 atom stereocenters. The number of halogens is 5. The molecule has 0 bridgehead atoms. The summed E-state index contributed by atoms with van der Waals surface area (Å²) in [4.78, 5) is 0. The molecule has 0 aliphatic rings. The molecule has 1 heterocycles. The number of hydrogen-bond acceptors (Lipinski definition) is 0. The van der Waals surface area contributed by atoms with Gasteiger partial charge < -0.3 is 4.57 Å². The van der Waals surface area contributed by atoms with Crippen LogP contribution in [0.2, 0.25) is 0 Å². The molecule has 0 saturated heterocycles. The number of hydrogen-bond donors (Lipinski definition) is 0. The highest BCUT2D eigenvalue weighted by atomic mass is 79.9. The lowest BCUT2D eigenvalue weighted by atomic mass is 10.2. The second-order valence-corrected chi connectivity index (χ2v) is 9.25. The Hall–Kier alpha value is -0.140. The Morgan fingerprint density at radius 1 is 0.500 bits per heavy atom. The van der Waals surface area contributed by atoms with Crippen molar-refractivity contribution in [2.24, 2.45) is 0 Å². The fraction of sp³-hybridized carbons (Fsp3) is 0. The van der Waals surface area contributed by atoms with Crippen LogP contribution >= 0.6 is 79.6 Å². The average Bonchev–Trinajstić information content (AvgIpc) is 2.94. The van der Waals surface area contributed by atoms with Gasteiger partial charge in [-0.2, -0.15) is 0 Å². The zero-order valence-electron chi connectivity index (χ0n) is 12.0. The van der Waals surface area contributed by atoms with Crippen molar-refractivity contribution in [3.05, 3.63) is 70.9 Å². The Bertz CT molecular complexity index is 1030. The van der Waals surface area contributed by atoms with Gasteiger partial charge in [-0.1, -0.05) is 36.4 Å². The third kappa shape index (κ3) is 2.49. The maximum atomic E-state index is 3.76. The van der Waals surface area contributed by atoms with Crippen LogP contribution in [0, 0.1) is 0 Å². The first kappa shape index (κ1) is 17.3. The van der Waals surface area contributed by atoms with Gasteiger partial charge in [0.1, 0.15) is 0 Å². The molecular weight excluding hydrogens is 630 g/mol. The van der Waals surface area contributed by atoms with E-state index in [1.165, 1.54) is 21.8 Å². The Morgan fingerprint density at radius 3 is 1.33 bits per heavy atom. The second-order valence-electron chi connectivity index (χ2n) is 5.29. The zero-order valence-corrected chi connectivity index (χ0v) is 19.9. The first-order valence-electron chi connectivity index (χ1n) is 7.02. The molecule has 24 heavy (non-hydrogen) atoms. The molecule has 0 radical (unpaired) electrons. The van der Waals surface area contributed by atoms with Crippen molar-refractivity contribution in [1.82, 2.24) is 4.57 Å². The Labute approximate surface area is 181 Å². The van der Waals surface area contributed by atoms with Crippen molar-refractivity contribution in [1.29, 1.82) is 0 Å². The molecule has 1 nitrogen and oxygen atoms in total. The highest BCUT2D eigenvalue weighted by Gasteiger charge is 2.22. The predicted octanol–water partition coefficient (Wildman–Crippen LogP) is 8.60. The molecule has 0 unspecified atom stereocenters. The van der Waals surface area contributed by atoms with Gasteiger partial charge in [-0.05, 0) is 91.8 Å². The molecule has 120 valence electrons. The first-order valence-corrected chi connectivity index (χ1v) is 11.0. The average molecular weight is 638 g/mol. The van der Waals surface area contributed by atoms with E-state index in [0.29, 0.717) is 0 Å². The summed E-state index contributed by atoms with van der Waals surface area (Å²) in [5, 5.41) is 2.48. The van der Waals surface area contributed by atoms with Crippen LogP contribution in [0.4, 0.5) is 0 Å². The van der Waals surface area contributed by atoms with E-state index < -0.39 is 0 Å². The Kier molecular flexibility index (Phi) is 4.71. The standard InChI is InChI=1S/C18H8Br5N/c19-13-14(20)16(22)18(17(23)15(13)21)24-11-7-3-1-5-9(11)10-6-2-4-8-12(10)24/h1-8H. The molecule has 0 N–H and O–H groups in total. The molecule has 3 aromatic carbocycles. The summed E-state index contributed by atoms with van der Waals surface area (Å²) in [6.45, 7) is 0. The highest BCUT2D eigenvalue weighted by Crippen LogP contribution is 2.48. The monoisotopic (exact) mass is 633 g/mol. The van der Waals surface area contributed by atoms with Gasteiger partial charge in [0.2, 0.25) is 0 Å². The predicted molar refractivity (Wildman–Crippen MR) is 119 cm³/mol. The lowest BCUT2D eigenvalue weighted by Crippen LogP contribution is -1.99. The summed E-state index contributed by atoms with van der Waals surface area (Å²) in [7, 11) is 0. The van der Waals surface area contributed by atoms with Crippen molar-refractivity contribution in [3.63, 3.8) is 0 Å². The highest BCUT2D eigenvalue weighted by molar-refractivity contribution is 9.15. The van der Waals surface area contributed by atoms with Gasteiger partial charge in [0, 0.05) is 24.2 Å². The molecule has 4 aromatic rings. The number of fused-ring (bicyclic) bond motifs is 3. The first-order chi connectivity index (χ1) is 11.5. The van der Waals surface area contributed by atoms with Crippen LogP contribution in [0.1, 0.15) is 0 Å². The summed E-state index contributed by atoms with van der Waals surface area (Å²) in [5.74, 6) is 0. The van der Waals surface area contributed by atoms with Gasteiger partial charge in [0.25, 0.3) is 0 Å². The van der Waals surface area contributed by atoms with Crippen molar-refractivity contribution in [2.75, 3.05) is 0 Å². The summed E-state index contributed by atoms with van der Waals surface area (Å²) in [6.07, 6.45) is 0. The topological polar surface area (TPSA) is 4.93 Å². The van der Waals surface area contributed by atoms with E-state index in [9.17, 15) is 0 Å². The van der Waals surface area contributed by atoms with Crippen LogP contribution in [0.3, 0.4) is 0 Å². The Morgan fingerprint density at radius 2 is 0.875 bits per heavy atom. The van der Waals surface area contributed by atoms with Crippen molar-refractivity contribution in [3.8, 4) is 5.69 Å². The van der Waals surface area contributed by atoms with Gasteiger partial charge >= 0.3 is 0 Å². The maximum Gasteiger partial charge on any atom is 0.0770 e. The smallest absolute Gasteiger partial charge is 0.0770 e. The summed E-state index contributed by atoms with van der Waals surface area (Å²) >= 11 is 18.5. The summed E-state index contributed by atoms with van der Waals surface area (Å²) in [5.41, 5.74) is 3.39. The molecule has 0 spiro atoms. The van der Waals surface area contributed by atoms with Gasteiger partial charge in [-0.15, -0.1) is 0 Å². The van der Waals surface area contributed by atoms with Crippen LogP contribution in [-0.4, -0.2) is 4.57 Å². The fourth-order valence-corrected chi connectivity index (χ4v) is 6.33. The number of aromatic nitrogens is 1. The number of para-hydroxylation sites is 2. The molecule has 0 aliphatic heterocycles. The molecule has 0 fully saturated rings. The third-order valence-electron chi connectivity index (χ3n) is 3.99. The molecule has 0 aliphatic carbocycles. The minimum absolute atomic E-state index is 0.964. The van der Waals surface area contributed by atoms with E-state index in [1.807, 2.05) is 0 Å². The SMILES string of the molecule is Brc1c(Br)c(Br)c(-n2c3ccccc3c3ccccc32)c(Br)c1Br. The molecule has 4 rings (SSSR count). The van der Waals surface area contributed by atoms with Gasteiger partial charge in [-0.25, -0.2) is 0 Å². The molecule has 0 saturated carbocycles. The third-order valence-corrected chi connectivity index (χ3v) is 10.0. The van der Waals surface area contributed by atoms with Crippen molar-refractivity contribution in [2.45, 2.75) is 0 Å². The largest absolute Gasteiger partial charge is 0.307 e. The maximum absolute atomic E-state index is 3.76. The van der Waals surface area contributed by atoms with Crippen LogP contribution in [0.25, 0.3) is 27.5 Å². The van der Waals surface area contributed by atoms with Gasteiger partial charge in [0.15, 0.2) is 0 Å². The summed E-state index contributed by atoms with van der Waals surface area (Å²) in [6, 6.07) is 16.9. The van der Waals surface area contributed by atoms with E-state index in [4.69, 9.17) is 0 Å². The van der Waals surface area contributed by atoms with Gasteiger partial charge in [0.05, 0.1) is 25.7 Å². The van der Waals surface area contributed by atoms with Gasteiger partial charge in [-0.3, -0.25) is 0 Å². The number of benzene rings is 3.